The van der Waals surface area contributed by atoms with Crippen molar-refractivity contribution in [2.75, 3.05) is 5.88 Å². The van der Waals surface area contributed by atoms with Gasteiger partial charge >= 0.3 is 0 Å². The summed E-state index contributed by atoms with van der Waals surface area (Å²) in [4.78, 5) is 0. The second-order valence-corrected chi connectivity index (χ2v) is 4.47. The molecule has 2 N–H and O–H groups in total. The molecule has 0 spiro atoms. The lowest BCUT2D eigenvalue weighted by atomic mass is 10.1. The summed E-state index contributed by atoms with van der Waals surface area (Å²) in [7, 11) is 0. The molecule has 0 radical (unpaired) electrons. The molecule has 0 fully saturated rings. The average Bonchev–Trinajstić information content (AvgIpc) is 2.11. The lowest BCUT2D eigenvalue weighted by molar-refractivity contribution is 0.189. The predicted octanol–water partition coefficient (Wildman–Crippen LogP) is 3.96. The maximum absolute atomic E-state index is 8.54. The summed E-state index contributed by atoms with van der Waals surface area (Å²) < 4.78 is 0. The second-order valence-electron chi connectivity index (χ2n) is 3.02. The maximum Gasteiger partial charge on any atom is 0.271 e. The number of aliphatic hydroxyl groups is 2. The molecule has 84 valence electrons. The van der Waals surface area contributed by atoms with Gasteiger partial charge in [0.1, 0.15) is 0 Å². The van der Waals surface area contributed by atoms with Gasteiger partial charge in [-0.3, -0.25) is 0 Å². The van der Waals surface area contributed by atoms with Crippen molar-refractivity contribution in [3.63, 3.8) is 0 Å². The van der Waals surface area contributed by atoms with Crippen LogP contribution in [0.5, 0.6) is 0 Å². The summed E-state index contributed by atoms with van der Waals surface area (Å²) in [6, 6.07) is 0. The molecule has 0 aliphatic rings. The van der Waals surface area contributed by atoms with E-state index in [-0.39, 0.29) is 5.38 Å². The fourth-order valence-corrected chi connectivity index (χ4v) is 1.67. The van der Waals surface area contributed by atoms with Gasteiger partial charge in [0.15, 0.2) is 0 Å². The average molecular weight is 262 g/mol. The first-order valence-electron chi connectivity index (χ1n) is 4.51. The molecule has 0 saturated heterocycles. The number of aliphatic hydroxyl groups excluding tert-OH is 1. The summed E-state index contributed by atoms with van der Waals surface area (Å²) in [5.74, 6) is -0.120. The van der Waals surface area contributed by atoms with Crippen LogP contribution in [0.25, 0.3) is 0 Å². The minimum Gasteiger partial charge on any atom is -0.481 e. The van der Waals surface area contributed by atoms with Gasteiger partial charge in [0.25, 0.3) is 5.95 Å². The van der Waals surface area contributed by atoms with E-state index in [1.807, 2.05) is 0 Å². The molecule has 5 heteroatoms. The van der Waals surface area contributed by atoms with E-state index in [0.717, 1.165) is 31.8 Å². The number of hydrogen-bond acceptors (Lipinski definition) is 2. The Labute approximate surface area is 99.5 Å². The maximum atomic E-state index is 8.54. The Balaban J connectivity index is 3.62. The number of hydrogen-bond donors (Lipinski definition) is 2. The van der Waals surface area contributed by atoms with Crippen molar-refractivity contribution in [3.8, 4) is 0 Å². The second kappa shape index (κ2) is 8.51. The lowest BCUT2D eigenvalue weighted by Crippen LogP contribution is -2.13. The van der Waals surface area contributed by atoms with E-state index in [9.17, 15) is 0 Å². The van der Waals surface area contributed by atoms with Crippen LogP contribution in [0.3, 0.4) is 0 Å². The molecule has 0 aliphatic carbocycles. The number of rotatable bonds is 7. The van der Waals surface area contributed by atoms with Crippen LogP contribution in [0.4, 0.5) is 0 Å². The smallest absolute Gasteiger partial charge is 0.271 e. The first-order valence-corrected chi connectivity index (χ1v) is 5.92. The first kappa shape index (κ1) is 14.2. The number of alkyl halides is 3. The van der Waals surface area contributed by atoms with Crippen molar-refractivity contribution >= 4 is 34.8 Å². The van der Waals surface area contributed by atoms with Gasteiger partial charge in [-0.1, -0.05) is 12.8 Å². The Hall–Kier alpha value is 0.210. The van der Waals surface area contributed by atoms with Gasteiger partial charge in [-0.25, -0.2) is 0 Å². The van der Waals surface area contributed by atoms with E-state index in [0.29, 0.717) is 5.88 Å². The van der Waals surface area contributed by atoms with Crippen LogP contribution in [-0.2, 0) is 0 Å². The summed E-state index contributed by atoms with van der Waals surface area (Å²) >= 11 is 17.2. The van der Waals surface area contributed by atoms with Crippen molar-refractivity contribution in [1.29, 1.82) is 0 Å². The van der Waals surface area contributed by atoms with Crippen LogP contribution in [0, 0.1) is 0 Å². The molecular formula is C9H15Cl3O2. The molecular weight excluding hydrogens is 246 g/mol. The van der Waals surface area contributed by atoms with Crippen molar-refractivity contribution in [1.82, 2.24) is 0 Å². The van der Waals surface area contributed by atoms with Gasteiger partial charge in [-0.15, -0.1) is 34.8 Å². The molecule has 2 unspecified atom stereocenters. The topological polar surface area (TPSA) is 40.5 Å². The minimum absolute atomic E-state index is 0.277. The van der Waals surface area contributed by atoms with Crippen LogP contribution in [0.1, 0.15) is 25.7 Å². The molecule has 0 aliphatic heterocycles. The Morgan fingerprint density at radius 3 is 2.29 bits per heavy atom. The molecule has 0 rings (SSSR count). The van der Waals surface area contributed by atoms with Crippen LogP contribution < -0.4 is 0 Å². The molecule has 0 saturated carbocycles. The normalized spacial score (nSPS) is 14.8. The van der Waals surface area contributed by atoms with E-state index in [4.69, 9.17) is 45.0 Å². The monoisotopic (exact) mass is 260 g/mol. The zero-order chi connectivity index (χ0) is 11.0. The SMILES string of the molecule is OC(O)=CC(Cl)C(Cl)CCCCCCl. The van der Waals surface area contributed by atoms with Crippen LogP contribution >= 0.6 is 34.8 Å². The highest BCUT2D eigenvalue weighted by Gasteiger charge is 2.14. The summed E-state index contributed by atoms with van der Waals surface area (Å²) in [6.07, 6.45) is 4.81. The van der Waals surface area contributed by atoms with Crippen molar-refractivity contribution in [2.45, 2.75) is 36.4 Å². The van der Waals surface area contributed by atoms with Gasteiger partial charge in [0.2, 0.25) is 0 Å². The van der Waals surface area contributed by atoms with Crippen LogP contribution in [0.15, 0.2) is 12.0 Å². The highest BCUT2D eigenvalue weighted by Crippen LogP contribution is 2.19. The lowest BCUT2D eigenvalue weighted by Gasteiger charge is -2.11. The third-order valence-electron chi connectivity index (χ3n) is 1.77. The van der Waals surface area contributed by atoms with E-state index >= 15 is 0 Å². The molecule has 14 heavy (non-hydrogen) atoms. The quantitative estimate of drug-likeness (QED) is 0.414. The fourth-order valence-electron chi connectivity index (χ4n) is 1.02. The molecule has 0 heterocycles. The van der Waals surface area contributed by atoms with Gasteiger partial charge in [0, 0.05) is 12.0 Å². The predicted molar refractivity (Wildman–Crippen MR) is 61.8 cm³/mol. The molecule has 2 atom stereocenters. The molecule has 0 aromatic rings. The van der Waals surface area contributed by atoms with Crippen molar-refractivity contribution in [2.24, 2.45) is 0 Å². The van der Waals surface area contributed by atoms with E-state index in [1.54, 1.807) is 0 Å². The molecule has 2 nitrogen and oxygen atoms in total. The number of allylic oxidation sites excluding steroid dienone is 1. The zero-order valence-corrected chi connectivity index (χ0v) is 10.1. The third-order valence-corrected chi connectivity index (χ3v) is 3.08. The summed E-state index contributed by atoms with van der Waals surface area (Å²) in [5.41, 5.74) is 0. The number of halogens is 3. The van der Waals surface area contributed by atoms with Crippen molar-refractivity contribution < 1.29 is 10.2 Å². The molecule has 0 bridgehead atoms. The Morgan fingerprint density at radius 1 is 1.14 bits per heavy atom. The largest absolute Gasteiger partial charge is 0.481 e. The Morgan fingerprint density at radius 2 is 1.79 bits per heavy atom. The standard InChI is InChI=1S/C9H15Cl3O2/c10-5-3-1-2-4-7(11)8(12)6-9(13)14/h6-8,13-14H,1-5H2. The molecule has 0 amide bonds. The Kier molecular flexibility index (Phi) is 8.64. The summed E-state index contributed by atoms with van der Waals surface area (Å²) in [6.45, 7) is 0. The van der Waals surface area contributed by atoms with Gasteiger partial charge in [-0.2, -0.15) is 0 Å². The molecule has 0 aromatic carbocycles. The summed E-state index contributed by atoms with van der Waals surface area (Å²) in [5, 5.41) is 16.3. The number of unbranched alkanes of at least 4 members (excludes halogenated alkanes) is 2. The zero-order valence-electron chi connectivity index (χ0n) is 7.80. The van der Waals surface area contributed by atoms with Crippen LogP contribution in [-0.4, -0.2) is 26.8 Å². The highest BCUT2D eigenvalue weighted by molar-refractivity contribution is 6.30. The van der Waals surface area contributed by atoms with Crippen LogP contribution in [0.2, 0.25) is 0 Å². The first-order chi connectivity index (χ1) is 6.57. The van der Waals surface area contributed by atoms with E-state index in [1.165, 1.54) is 0 Å². The third kappa shape index (κ3) is 7.60. The highest BCUT2D eigenvalue weighted by atomic mass is 35.5. The van der Waals surface area contributed by atoms with Gasteiger partial charge < -0.3 is 10.2 Å². The van der Waals surface area contributed by atoms with E-state index in [2.05, 4.69) is 0 Å². The van der Waals surface area contributed by atoms with Gasteiger partial charge in [-0.05, 0) is 12.8 Å². The molecule has 0 aromatic heterocycles. The Bertz CT molecular complexity index is 169. The van der Waals surface area contributed by atoms with Crippen molar-refractivity contribution in [3.05, 3.63) is 12.0 Å². The fraction of sp³-hybridized carbons (Fsp3) is 0.778. The van der Waals surface area contributed by atoms with E-state index < -0.39 is 11.3 Å². The van der Waals surface area contributed by atoms with Gasteiger partial charge in [0.05, 0.1) is 10.8 Å². The minimum atomic E-state index is -0.781.